The van der Waals surface area contributed by atoms with E-state index >= 15 is 0 Å². The number of halogens is 1. The Morgan fingerprint density at radius 3 is 2.48 bits per heavy atom. The van der Waals surface area contributed by atoms with Gasteiger partial charge in [-0.2, -0.15) is 0 Å². The number of H-pyrrole nitrogens is 2. The predicted molar refractivity (Wildman–Crippen MR) is 85.0 cm³/mol. The van der Waals surface area contributed by atoms with E-state index in [1.165, 1.54) is 25.7 Å². The van der Waals surface area contributed by atoms with Gasteiger partial charge in [0.1, 0.15) is 0 Å². The summed E-state index contributed by atoms with van der Waals surface area (Å²) >= 11 is 6.49. The maximum atomic E-state index is 11.4. The van der Waals surface area contributed by atoms with E-state index < -0.39 is 11.1 Å². The molecule has 21 heavy (non-hydrogen) atoms. The zero-order chi connectivity index (χ0) is 14.8. The molecule has 1 aromatic heterocycles. The number of hydrogen-bond acceptors (Lipinski definition) is 2. The second-order valence-corrected chi connectivity index (χ2v) is 6.44. The van der Waals surface area contributed by atoms with Crippen molar-refractivity contribution in [2.75, 3.05) is 0 Å². The summed E-state index contributed by atoms with van der Waals surface area (Å²) < 4.78 is 0. The van der Waals surface area contributed by atoms with Crippen LogP contribution in [-0.2, 0) is 0 Å². The SMILES string of the molecule is O=c1[nH]c2ccc(C(Cl)CCC3CCCC3)cc2[nH]c1=O. The summed E-state index contributed by atoms with van der Waals surface area (Å²) in [4.78, 5) is 27.8. The van der Waals surface area contributed by atoms with Gasteiger partial charge in [-0.15, -0.1) is 11.6 Å². The highest BCUT2D eigenvalue weighted by Crippen LogP contribution is 2.34. The minimum atomic E-state index is -0.628. The minimum Gasteiger partial charge on any atom is -0.316 e. The first kappa shape index (κ1) is 14.4. The number of fused-ring (bicyclic) bond motifs is 1. The van der Waals surface area contributed by atoms with Crippen molar-refractivity contribution in [1.82, 2.24) is 9.97 Å². The van der Waals surface area contributed by atoms with Gasteiger partial charge < -0.3 is 9.97 Å². The molecule has 1 aliphatic rings. The maximum Gasteiger partial charge on any atom is 0.314 e. The molecule has 112 valence electrons. The van der Waals surface area contributed by atoms with E-state index in [9.17, 15) is 9.59 Å². The molecule has 2 aromatic rings. The molecule has 0 spiro atoms. The zero-order valence-electron chi connectivity index (χ0n) is 11.8. The Morgan fingerprint density at radius 2 is 1.76 bits per heavy atom. The molecule has 0 radical (unpaired) electrons. The third-order valence-electron chi connectivity index (χ3n) is 4.41. The largest absolute Gasteiger partial charge is 0.316 e. The van der Waals surface area contributed by atoms with Crippen LogP contribution in [0.2, 0.25) is 0 Å². The van der Waals surface area contributed by atoms with Crippen molar-refractivity contribution in [1.29, 1.82) is 0 Å². The quantitative estimate of drug-likeness (QED) is 0.671. The van der Waals surface area contributed by atoms with Crippen LogP contribution in [0.15, 0.2) is 27.8 Å². The number of nitrogens with one attached hydrogen (secondary N) is 2. The lowest BCUT2D eigenvalue weighted by molar-refractivity contribution is 0.480. The van der Waals surface area contributed by atoms with Crippen molar-refractivity contribution in [2.24, 2.45) is 5.92 Å². The van der Waals surface area contributed by atoms with Crippen molar-refractivity contribution < 1.29 is 0 Å². The smallest absolute Gasteiger partial charge is 0.314 e. The molecule has 2 N–H and O–H groups in total. The lowest BCUT2D eigenvalue weighted by atomic mass is 9.98. The van der Waals surface area contributed by atoms with E-state index in [1.54, 1.807) is 6.07 Å². The lowest BCUT2D eigenvalue weighted by Gasteiger charge is -2.13. The molecule has 4 nitrogen and oxygen atoms in total. The van der Waals surface area contributed by atoms with Gasteiger partial charge in [0.25, 0.3) is 0 Å². The molecule has 1 unspecified atom stereocenters. The molecule has 0 aliphatic heterocycles. The van der Waals surface area contributed by atoms with Crippen LogP contribution in [0.25, 0.3) is 11.0 Å². The monoisotopic (exact) mass is 306 g/mol. The van der Waals surface area contributed by atoms with Gasteiger partial charge >= 0.3 is 11.1 Å². The molecule has 5 heteroatoms. The lowest BCUT2D eigenvalue weighted by Crippen LogP contribution is -2.28. The summed E-state index contributed by atoms with van der Waals surface area (Å²) in [7, 11) is 0. The average Bonchev–Trinajstić information content (AvgIpc) is 2.99. The Bertz CT molecular complexity index is 744. The van der Waals surface area contributed by atoms with Crippen LogP contribution < -0.4 is 11.1 Å². The molecule has 0 amide bonds. The van der Waals surface area contributed by atoms with Crippen LogP contribution in [0.1, 0.15) is 49.5 Å². The fourth-order valence-corrected chi connectivity index (χ4v) is 3.44. The molecule has 1 fully saturated rings. The molecular formula is C16H19ClN2O2. The normalized spacial score (nSPS) is 17.4. The second kappa shape index (κ2) is 6.06. The topological polar surface area (TPSA) is 65.7 Å². The van der Waals surface area contributed by atoms with Gasteiger partial charge in [-0.05, 0) is 36.5 Å². The van der Waals surface area contributed by atoms with Gasteiger partial charge in [-0.25, -0.2) is 0 Å². The molecule has 3 rings (SSSR count). The molecule has 1 aliphatic carbocycles. The third kappa shape index (κ3) is 3.21. The van der Waals surface area contributed by atoms with Gasteiger partial charge in [0, 0.05) is 0 Å². The first-order valence-electron chi connectivity index (χ1n) is 7.54. The molecule has 1 heterocycles. The molecule has 1 atom stereocenters. The first-order chi connectivity index (χ1) is 10.1. The van der Waals surface area contributed by atoms with Gasteiger partial charge in [0.15, 0.2) is 0 Å². The number of aromatic nitrogens is 2. The molecule has 1 aromatic carbocycles. The highest BCUT2D eigenvalue weighted by Gasteiger charge is 2.17. The van der Waals surface area contributed by atoms with E-state index in [2.05, 4.69) is 9.97 Å². The Labute approximate surface area is 127 Å². The first-order valence-corrected chi connectivity index (χ1v) is 7.97. The van der Waals surface area contributed by atoms with E-state index in [4.69, 9.17) is 11.6 Å². The number of aromatic amines is 2. The van der Waals surface area contributed by atoms with Crippen molar-refractivity contribution in [3.63, 3.8) is 0 Å². The van der Waals surface area contributed by atoms with Crippen molar-refractivity contribution in [3.8, 4) is 0 Å². The summed E-state index contributed by atoms with van der Waals surface area (Å²) in [6.07, 6.45) is 7.47. The van der Waals surface area contributed by atoms with Crippen molar-refractivity contribution in [2.45, 2.75) is 43.9 Å². The summed E-state index contributed by atoms with van der Waals surface area (Å²) in [6, 6.07) is 5.58. The summed E-state index contributed by atoms with van der Waals surface area (Å²) in [6.45, 7) is 0. The number of alkyl halides is 1. The highest BCUT2D eigenvalue weighted by molar-refractivity contribution is 6.20. The second-order valence-electron chi connectivity index (χ2n) is 5.91. The number of hydrogen-bond donors (Lipinski definition) is 2. The summed E-state index contributed by atoms with van der Waals surface area (Å²) in [5.74, 6) is 0.822. The fraction of sp³-hybridized carbons (Fsp3) is 0.500. The van der Waals surface area contributed by atoms with E-state index in [1.807, 2.05) is 12.1 Å². The highest BCUT2D eigenvalue weighted by atomic mass is 35.5. The van der Waals surface area contributed by atoms with Crippen LogP contribution in [0.5, 0.6) is 0 Å². The van der Waals surface area contributed by atoms with Gasteiger partial charge in [0.05, 0.1) is 16.4 Å². The van der Waals surface area contributed by atoms with Crippen LogP contribution >= 0.6 is 11.6 Å². The van der Waals surface area contributed by atoms with E-state index in [0.29, 0.717) is 11.0 Å². The third-order valence-corrected chi connectivity index (χ3v) is 4.88. The molecule has 0 bridgehead atoms. The van der Waals surface area contributed by atoms with Crippen LogP contribution in [0, 0.1) is 5.92 Å². The Kier molecular flexibility index (Phi) is 4.15. The van der Waals surface area contributed by atoms with E-state index in [0.717, 1.165) is 24.3 Å². The molecular weight excluding hydrogens is 288 g/mol. The van der Waals surface area contributed by atoms with Crippen LogP contribution in [-0.4, -0.2) is 9.97 Å². The Hall–Kier alpha value is -1.55. The zero-order valence-corrected chi connectivity index (χ0v) is 12.6. The minimum absolute atomic E-state index is 0.0505. The average molecular weight is 307 g/mol. The van der Waals surface area contributed by atoms with Crippen molar-refractivity contribution >= 4 is 22.6 Å². The number of rotatable bonds is 4. The van der Waals surface area contributed by atoms with Crippen LogP contribution in [0.4, 0.5) is 0 Å². The standard InChI is InChI=1S/C16H19ClN2O2/c17-12(7-5-10-3-1-2-4-10)11-6-8-13-14(9-11)19-16(21)15(20)18-13/h6,8-10,12H,1-5,7H2,(H,18,20)(H,19,21). The van der Waals surface area contributed by atoms with Gasteiger partial charge in [-0.1, -0.05) is 31.7 Å². The number of benzene rings is 1. The van der Waals surface area contributed by atoms with E-state index in [-0.39, 0.29) is 5.38 Å². The maximum absolute atomic E-state index is 11.4. The summed E-state index contributed by atoms with van der Waals surface area (Å²) in [5.41, 5.74) is 0.993. The molecule has 1 saturated carbocycles. The van der Waals surface area contributed by atoms with Gasteiger partial charge in [-0.3, -0.25) is 9.59 Å². The van der Waals surface area contributed by atoms with Gasteiger partial charge in [0.2, 0.25) is 0 Å². The Morgan fingerprint density at radius 1 is 1.10 bits per heavy atom. The van der Waals surface area contributed by atoms with Crippen LogP contribution in [0.3, 0.4) is 0 Å². The fourth-order valence-electron chi connectivity index (χ4n) is 3.18. The summed E-state index contributed by atoms with van der Waals surface area (Å²) in [5, 5.41) is -0.0505. The molecule has 0 saturated heterocycles. The Balaban J connectivity index is 1.77. The predicted octanol–water partition coefficient (Wildman–Crippen LogP) is 3.47. The van der Waals surface area contributed by atoms with Crippen molar-refractivity contribution in [3.05, 3.63) is 44.5 Å².